The van der Waals surface area contributed by atoms with Crippen molar-refractivity contribution in [3.05, 3.63) is 42.6 Å². The summed E-state index contributed by atoms with van der Waals surface area (Å²) in [5.74, 6) is 1.10. The van der Waals surface area contributed by atoms with Gasteiger partial charge in [-0.05, 0) is 42.7 Å². The van der Waals surface area contributed by atoms with E-state index in [4.69, 9.17) is 5.73 Å². The number of aromatic nitrogens is 1. The molecule has 1 fully saturated rings. The summed E-state index contributed by atoms with van der Waals surface area (Å²) in [4.78, 5) is 7.04. The minimum Gasteiger partial charge on any atom is -0.399 e. The summed E-state index contributed by atoms with van der Waals surface area (Å²) in [5, 5.41) is 0. The van der Waals surface area contributed by atoms with Gasteiger partial charge in [-0.15, -0.1) is 0 Å². The first-order chi connectivity index (χ1) is 9.83. The van der Waals surface area contributed by atoms with Crippen LogP contribution in [-0.2, 0) is 0 Å². The fraction of sp³-hybridized carbons (Fsp3) is 0.353. The Morgan fingerprint density at radius 2 is 1.45 bits per heavy atom. The molecule has 2 heterocycles. The number of hydrogen-bond donors (Lipinski definition) is 1. The molecule has 1 aromatic heterocycles. The zero-order valence-electron chi connectivity index (χ0n) is 11.8. The molecule has 3 heteroatoms. The van der Waals surface area contributed by atoms with Crippen LogP contribution in [0.25, 0.3) is 11.1 Å². The van der Waals surface area contributed by atoms with Crippen molar-refractivity contribution in [1.29, 1.82) is 0 Å². The second kappa shape index (κ2) is 5.95. The SMILES string of the molecule is Nc1ccc(-c2ccc(N3CCCCCC3)nc2)cc1. The van der Waals surface area contributed by atoms with Gasteiger partial charge in [-0.2, -0.15) is 0 Å². The quantitative estimate of drug-likeness (QED) is 0.843. The summed E-state index contributed by atoms with van der Waals surface area (Å²) >= 11 is 0. The van der Waals surface area contributed by atoms with Gasteiger partial charge < -0.3 is 10.6 Å². The summed E-state index contributed by atoms with van der Waals surface area (Å²) < 4.78 is 0. The lowest BCUT2D eigenvalue weighted by molar-refractivity contribution is 0.726. The number of rotatable bonds is 2. The molecule has 1 aliphatic heterocycles. The number of nitrogens with zero attached hydrogens (tertiary/aromatic N) is 2. The van der Waals surface area contributed by atoms with Crippen LogP contribution >= 0.6 is 0 Å². The van der Waals surface area contributed by atoms with Crippen molar-refractivity contribution >= 4 is 11.5 Å². The molecular weight excluding hydrogens is 246 g/mol. The lowest BCUT2D eigenvalue weighted by Gasteiger charge is -2.21. The van der Waals surface area contributed by atoms with Gasteiger partial charge in [0.25, 0.3) is 0 Å². The van der Waals surface area contributed by atoms with E-state index in [1.54, 1.807) is 0 Å². The molecule has 3 rings (SSSR count). The summed E-state index contributed by atoms with van der Waals surface area (Å²) in [5.41, 5.74) is 8.82. The smallest absolute Gasteiger partial charge is 0.128 e. The molecule has 0 atom stereocenters. The number of hydrogen-bond acceptors (Lipinski definition) is 3. The summed E-state index contributed by atoms with van der Waals surface area (Å²) in [6.07, 6.45) is 7.22. The molecule has 0 bridgehead atoms. The second-order valence-electron chi connectivity index (χ2n) is 5.43. The molecule has 104 valence electrons. The molecule has 3 nitrogen and oxygen atoms in total. The fourth-order valence-electron chi connectivity index (χ4n) is 2.72. The van der Waals surface area contributed by atoms with Gasteiger partial charge in [0.1, 0.15) is 5.82 Å². The van der Waals surface area contributed by atoms with Crippen molar-refractivity contribution in [2.75, 3.05) is 23.7 Å². The van der Waals surface area contributed by atoms with E-state index < -0.39 is 0 Å². The standard InChI is InChI=1S/C17H21N3/c18-16-8-5-14(6-9-16)15-7-10-17(19-13-15)20-11-3-1-2-4-12-20/h5-10,13H,1-4,11-12,18H2. The number of anilines is 2. The Balaban J connectivity index is 1.78. The average molecular weight is 267 g/mol. The van der Waals surface area contributed by atoms with Crippen LogP contribution in [-0.4, -0.2) is 18.1 Å². The Morgan fingerprint density at radius 1 is 0.800 bits per heavy atom. The van der Waals surface area contributed by atoms with Gasteiger partial charge >= 0.3 is 0 Å². The number of benzene rings is 1. The first-order valence-corrected chi connectivity index (χ1v) is 7.40. The largest absolute Gasteiger partial charge is 0.399 e. The molecule has 1 aromatic carbocycles. The number of nitrogen functional groups attached to an aromatic ring is 1. The highest BCUT2D eigenvalue weighted by molar-refractivity contribution is 5.65. The molecule has 0 saturated carbocycles. The van der Waals surface area contributed by atoms with Crippen molar-refractivity contribution in [2.24, 2.45) is 0 Å². The van der Waals surface area contributed by atoms with Crippen molar-refractivity contribution < 1.29 is 0 Å². The van der Waals surface area contributed by atoms with Crippen LogP contribution in [0.5, 0.6) is 0 Å². The lowest BCUT2D eigenvalue weighted by atomic mass is 10.1. The topological polar surface area (TPSA) is 42.1 Å². The zero-order valence-corrected chi connectivity index (χ0v) is 11.8. The molecule has 2 aromatic rings. The van der Waals surface area contributed by atoms with E-state index in [0.717, 1.165) is 35.7 Å². The molecule has 0 spiro atoms. The third-order valence-electron chi connectivity index (χ3n) is 3.92. The monoisotopic (exact) mass is 267 g/mol. The highest BCUT2D eigenvalue weighted by Gasteiger charge is 2.10. The Hall–Kier alpha value is -2.03. The van der Waals surface area contributed by atoms with Crippen LogP contribution in [0.4, 0.5) is 11.5 Å². The van der Waals surface area contributed by atoms with Crippen LogP contribution in [0, 0.1) is 0 Å². The minimum atomic E-state index is 0.794. The van der Waals surface area contributed by atoms with E-state index >= 15 is 0 Å². The molecule has 1 saturated heterocycles. The minimum absolute atomic E-state index is 0.794. The molecule has 0 amide bonds. The van der Waals surface area contributed by atoms with E-state index in [9.17, 15) is 0 Å². The van der Waals surface area contributed by atoms with Gasteiger partial charge in [-0.3, -0.25) is 0 Å². The van der Waals surface area contributed by atoms with Crippen LogP contribution in [0.1, 0.15) is 25.7 Å². The van der Waals surface area contributed by atoms with Gasteiger partial charge in [0.2, 0.25) is 0 Å². The van der Waals surface area contributed by atoms with Gasteiger partial charge in [0.15, 0.2) is 0 Å². The highest BCUT2D eigenvalue weighted by atomic mass is 15.2. The van der Waals surface area contributed by atoms with Gasteiger partial charge in [0, 0.05) is 30.5 Å². The van der Waals surface area contributed by atoms with Crippen molar-refractivity contribution in [3.8, 4) is 11.1 Å². The Morgan fingerprint density at radius 3 is 2.05 bits per heavy atom. The van der Waals surface area contributed by atoms with E-state index in [1.165, 1.54) is 25.7 Å². The average Bonchev–Trinajstić information content (AvgIpc) is 2.77. The van der Waals surface area contributed by atoms with E-state index in [-0.39, 0.29) is 0 Å². The van der Waals surface area contributed by atoms with Crippen molar-refractivity contribution in [3.63, 3.8) is 0 Å². The zero-order chi connectivity index (χ0) is 13.8. The third kappa shape index (κ3) is 2.93. The first kappa shape index (κ1) is 13.0. The highest BCUT2D eigenvalue weighted by Crippen LogP contribution is 2.23. The van der Waals surface area contributed by atoms with Crippen LogP contribution in [0.2, 0.25) is 0 Å². The molecule has 2 N–H and O–H groups in total. The summed E-state index contributed by atoms with van der Waals surface area (Å²) in [6, 6.07) is 12.2. The van der Waals surface area contributed by atoms with E-state index in [0.29, 0.717) is 0 Å². The predicted molar refractivity (Wildman–Crippen MR) is 84.8 cm³/mol. The van der Waals surface area contributed by atoms with Gasteiger partial charge in [-0.25, -0.2) is 4.98 Å². The van der Waals surface area contributed by atoms with Crippen LogP contribution in [0.3, 0.4) is 0 Å². The molecular formula is C17H21N3. The molecule has 20 heavy (non-hydrogen) atoms. The maximum Gasteiger partial charge on any atom is 0.128 e. The van der Waals surface area contributed by atoms with Crippen molar-refractivity contribution in [1.82, 2.24) is 4.98 Å². The van der Waals surface area contributed by atoms with Crippen molar-refractivity contribution in [2.45, 2.75) is 25.7 Å². The maximum absolute atomic E-state index is 5.72. The fourth-order valence-corrected chi connectivity index (χ4v) is 2.72. The second-order valence-corrected chi connectivity index (χ2v) is 5.43. The lowest BCUT2D eigenvalue weighted by Crippen LogP contribution is -2.24. The first-order valence-electron chi connectivity index (χ1n) is 7.40. The normalized spacial score (nSPS) is 15.9. The number of nitrogens with two attached hydrogens (primary N) is 1. The Labute approximate surface area is 120 Å². The van der Waals surface area contributed by atoms with E-state index in [1.807, 2.05) is 30.5 Å². The Kier molecular flexibility index (Phi) is 3.86. The van der Waals surface area contributed by atoms with Crippen LogP contribution < -0.4 is 10.6 Å². The van der Waals surface area contributed by atoms with E-state index in [2.05, 4.69) is 22.0 Å². The molecule has 1 aliphatic rings. The van der Waals surface area contributed by atoms with Gasteiger partial charge in [0.05, 0.1) is 0 Å². The van der Waals surface area contributed by atoms with Crippen LogP contribution in [0.15, 0.2) is 42.6 Å². The maximum atomic E-state index is 5.72. The predicted octanol–water partition coefficient (Wildman–Crippen LogP) is 3.71. The molecule has 0 radical (unpaired) electrons. The van der Waals surface area contributed by atoms with Gasteiger partial charge in [-0.1, -0.05) is 25.0 Å². The Bertz CT molecular complexity index is 537. The molecule has 0 unspecified atom stereocenters. The third-order valence-corrected chi connectivity index (χ3v) is 3.92. The number of pyridine rings is 1. The summed E-state index contributed by atoms with van der Waals surface area (Å²) in [6.45, 7) is 2.27. The molecule has 0 aliphatic carbocycles. The summed E-state index contributed by atoms with van der Waals surface area (Å²) in [7, 11) is 0.